The van der Waals surface area contributed by atoms with Gasteiger partial charge in [-0.15, -0.1) is 0 Å². The van der Waals surface area contributed by atoms with E-state index in [0.717, 1.165) is 42.1 Å². The molecule has 184 valence electrons. The number of carbonyl (C=O) groups is 2. The lowest BCUT2D eigenvalue weighted by molar-refractivity contribution is -0.116. The van der Waals surface area contributed by atoms with E-state index in [4.69, 9.17) is 22.6 Å². The summed E-state index contributed by atoms with van der Waals surface area (Å²) in [5.74, 6) is -0.283. The van der Waals surface area contributed by atoms with Gasteiger partial charge in [-0.1, -0.05) is 24.3 Å². The molecule has 0 bridgehead atoms. The number of nitrogen functional groups attached to an aromatic ring is 1. The summed E-state index contributed by atoms with van der Waals surface area (Å²) >= 11 is 0. The lowest BCUT2D eigenvalue weighted by Gasteiger charge is -2.27. The SMILES string of the molecule is N=C(N)c1ccc2cc(C(=O)NC3CCC(N)CC3)n(Cc3ccc(NC(=O)CCN)cc3)c2c1. The molecule has 1 aromatic heterocycles. The van der Waals surface area contributed by atoms with Gasteiger partial charge in [-0.3, -0.25) is 15.0 Å². The van der Waals surface area contributed by atoms with E-state index in [1.165, 1.54) is 0 Å². The van der Waals surface area contributed by atoms with E-state index in [-0.39, 0.29) is 36.2 Å². The number of hydrogen-bond donors (Lipinski definition) is 6. The fourth-order valence-electron chi connectivity index (χ4n) is 4.53. The van der Waals surface area contributed by atoms with Crippen molar-refractivity contribution in [3.05, 3.63) is 65.4 Å². The second-order valence-electron chi connectivity index (χ2n) is 9.17. The number of carbonyl (C=O) groups excluding carboxylic acids is 2. The average molecular weight is 476 g/mol. The third-order valence-electron chi connectivity index (χ3n) is 6.50. The molecule has 9 N–H and O–H groups in total. The van der Waals surface area contributed by atoms with Crippen molar-refractivity contribution in [1.82, 2.24) is 9.88 Å². The molecule has 1 aliphatic rings. The summed E-state index contributed by atoms with van der Waals surface area (Å²) in [6.45, 7) is 0.742. The Labute approximate surface area is 204 Å². The predicted octanol–water partition coefficient (Wildman–Crippen LogP) is 2.26. The third kappa shape index (κ3) is 5.87. The van der Waals surface area contributed by atoms with E-state index >= 15 is 0 Å². The molecule has 2 amide bonds. The summed E-state index contributed by atoms with van der Waals surface area (Å²) in [4.78, 5) is 25.2. The first-order chi connectivity index (χ1) is 16.8. The van der Waals surface area contributed by atoms with Gasteiger partial charge in [0.15, 0.2) is 0 Å². The number of amidine groups is 1. The zero-order chi connectivity index (χ0) is 24.9. The Kier molecular flexibility index (Phi) is 7.48. The zero-order valence-corrected chi connectivity index (χ0v) is 19.7. The molecule has 4 rings (SSSR count). The quantitative estimate of drug-likeness (QED) is 0.217. The lowest BCUT2D eigenvalue weighted by Crippen LogP contribution is -2.41. The van der Waals surface area contributed by atoms with Crippen molar-refractivity contribution in [2.75, 3.05) is 11.9 Å². The number of nitrogens with two attached hydrogens (primary N) is 3. The van der Waals surface area contributed by atoms with Gasteiger partial charge in [0, 0.05) is 53.7 Å². The number of anilines is 1. The minimum Gasteiger partial charge on any atom is -0.384 e. The summed E-state index contributed by atoms with van der Waals surface area (Å²) in [5, 5.41) is 14.7. The summed E-state index contributed by atoms with van der Waals surface area (Å²) in [6.07, 6.45) is 3.83. The number of aromatic nitrogens is 1. The molecule has 1 saturated carbocycles. The second kappa shape index (κ2) is 10.7. The van der Waals surface area contributed by atoms with Gasteiger partial charge in [0.1, 0.15) is 11.5 Å². The fourth-order valence-corrected chi connectivity index (χ4v) is 4.53. The number of fused-ring (bicyclic) bond motifs is 1. The smallest absolute Gasteiger partial charge is 0.268 e. The number of amides is 2. The van der Waals surface area contributed by atoms with Crippen LogP contribution in [0.25, 0.3) is 10.9 Å². The van der Waals surface area contributed by atoms with Crippen molar-refractivity contribution < 1.29 is 9.59 Å². The maximum atomic E-state index is 13.3. The van der Waals surface area contributed by atoms with E-state index in [1.54, 1.807) is 6.07 Å². The van der Waals surface area contributed by atoms with Gasteiger partial charge in [0.2, 0.25) is 5.91 Å². The van der Waals surface area contributed by atoms with Crippen molar-refractivity contribution in [3.8, 4) is 0 Å². The molecule has 1 aliphatic carbocycles. The number of benzene rings is 2. The average Bonchev–Trinajstić information content (AvgIpc) is 3.19. The molecular weight excluding hydrogens is 442 g/mol. The third-order valence-corrected chi connectivity index (χ3v) is 6.50. The fraction of sp³-hybridized carbons (Fsp3) is 0.346. The molecule has 2 aromatic carbocycles. The molecule has 0 atom stereocenters. The Bertz CT molecular complexity index is 1220. The molecule has 0 saturated heterocycles. The molecule has 0 unspecified atom stereocenters. The normalized spacial score (nSPS) is 17.8. The predicted molar refractivity (Wildman–Crippen MR) is 138 cm³/mol. The Morgan fingerprint density at radius 2 is 1.74 bits per heavy atom. The molecular formula is C26H33N7O2. The zero-order valence-electron chi connectivity index (χ0n) is 19.7. The molecule has 9 heteroatoms. The van der Waals surface area contributed by atoms with Crippen LogP contribution in [0.2, 0.25) is 0 Å². The standard InChI is InChI=1S/C26H33N7O2/c27-12-11-24(34)31-20-7-1-16(2-8-20)15-33-22-14-18(25(29)30)4-3-17(22)13-23(33)26(35)32-21-9-5-19(28)6-10-21/h1-4,7-8,13-14,19,21H,5-6,9-12,15,27-28H2,(H3,29,30)(H,31,34)(H,32,35). The van der Waals surface area contributed by atoms with Crippen molar-refractivity contribution in [2.45, 2.75) is 50.7 Å². The van der Waals surface area contributed by atoms with Crippen molar-refractivity contribution in [2.24, 2.45) is 17.2 Å². The van der Waals surface area contributed by atoms with E-state index < -0.39 is 0 Å². The summed E-state index contributed by atoms with van der Waals surface area (Å²) in [7, 11) is 0. The highest BCUT2D eigenvalue weighted by Crippen LogP contribution is 2.25. The second-order valence-corrected chi connectivity index (χ2v) is 9.17. The molecule has 0 spiro atoms. The van der Waals surface area contributed by atoms with Gasteiger partial charge >= 0.3 is 0 Å². The highest BCUT2D eigenvalue weighted by atomic mass is 16.2. The van der Waals surface area contributed by atoms with Crippen LogP contribution in [-0.2, 0) is 11.3 Å². The van der Waals surface area contributed by atoms with Crippen molar-refractivity contribution >= 4 is 34.2 Å². The Morgan fingerprint density at radius 3 is 2.40 bits per heavy atom. The Morgan fingerprint density at radius 1 is 1.03 bits per heavy atom. The molecule has 0 aliphatic heterocycles. The summed E-state index contributed by atoms with van der Waals surface area (Å²) in [6, 6.07) is 15.2. The first kappa shape index (κ1) is 24.4. The minimum absolute atomic E-state index is 0.0261. The van der Waals surface area contributed by atoms with Gasteiger partial charge < -0.3 is 32.4 Å². The van der Waals surface area contributed by atoms with E-state index in [9.17, 15) is 9.59 Å². The molecule has 35 heavy (non-hydrogen) atoms. The van der Waals surface area contributed by atoms with E-state index in [2.05, 4.69) is 10.6 Å². The van der Waals surface area contributed by atoms with E-state index in [1.807, 2.05) is 47.0 Å². The van der Waals surface area contributed by atoms with Gasteiger partial charge in [-0.05, 0) is 55.5 Å². The van der Waals surface area contributed by atoms with Crippen LogP contribution >= 0.6 is 0 Å². The topological polar surface area (TPSA) is 165 Å². The first-order valence-corrected chi connectivity index (χ1v) is 12.0. The number of nitrogens with one attached hydrogen (secondary N) is 3. The van der Waals surface area contributed by atoms with Gasteiger partial charge in [0.25, 0.3) is 5.91 Å². The van der Waals surface area contributed by atoms with Gasteiger partial charge in [0.05, 0.1) is 0 Å². The van der Waals surface area contributed by atoms with Gasteiger partial charge in [-0.25, -0.2) is 0 Å². The number of rotatable bonds is 8. The largest absolute Gasteiger partial charge is 0.384 e. The van der Waals surface area contributed by atoms with Crippen molar-refractivity contribution in [3.63, 3.8) is 0 Å². The Balaban J connectivity index is 1.62. The van der Waals surface area contributed by atoms with E-state index in [0.29, 0.717) is 30.0 Å². The molecule has 9 nitrogen and oxygen atoms in total. The van der Waals surface area contributed by atoms with Gasteiger partial charge in [-0.2, -0.15) is 0 Å². The minimum atomic E-state index is -0.129. The maximum Gasteiger partial charge on any atom is 0.268 e. The van der Waals surface area contributed by atoms with Crippen LogP contribution in [0.5, 0.6) is 0 Å². The Hall–Kier alpha value is -3.69. The number of hydrogen-bond acceptors (Lipinski definition) is 5. The van der Waals surface area contributed by atoms with Crippen LogP contribution in [0.1, 0.15) is 53.7 Å². The van der Waals surface area contributed by atoms with Crippen LogP contribution in [-0.4, -0.2) is 40.8 Å². The molecule has 3 aromatic rings. The summed E-state index contributed by atoms with van der Waals surface area (Å²) < 4.78 is 1.95. The number of nitrogens with zero attached hydrogens (tertiary/aromatic N) is 1. The molecule has 1 fully saturated rings. The maximum absolute atomic E-state index is 13.3. The molecule has 1 heterocycles. The van der Waals surface area contributed by atoms with Crippen LogP contribution in [0.3, 0.4) is 0 Å². The van der Waals surface area contributed by atoms with Crippen LogP contribution in [0.15, 0.2) is 48.5 Å². The monoisotopic (exact) mass is 475 g/mol. The first-order valence-electron chi connectivity index (χ1n) is 12.0. The van der Waals surface area contributed by atoms with Crippen molar-refractivity contribution in [1.29, 1.82) is 5.41 Å². The van der Waals surface area contributed by atoms with Crippen LogP contribution < -0.4 is 27.8 Å². The molecule has 0 radical (unpaired) electrons. The summed E-state index contributed by atoms with van der Waals surface area (Å²) in [5.41, 5.74) is 20.8. The van der Waals surface area contributed by atoms with Crippen LogP contribution in [0, 0.1) is 5.41 Å². The lowest BCUT2D eigenvalue weighted by atomic mass is 9.92. The van der Waals surface area contributed by atoms with Crippen LogP contribution in [0.4, 0.5) is 5.69 Å². The highest BCUT2D eigenvalue weighted by Gasteiger charge is 2.23. The highest BCUT2D eigenvalue weighted by molar-refractivity contribution is 6.02.